The van der Waals surface area contributed by atoms with E-state index in [-0.39, 0.29) is 17.9 Å². The number of nitrogens with zero attached hydrogens (tertiary/aromatic N) is 1. The summed E-state index contributed by atoms with van der Waals surface area (Å²) in [6.45, 7) is 2.23. The van der Waals surface area contributed by atoms with E-state index in [1.165, 1.54) is 0 Å². The van der Waals surface area contributed by atoms with Crippen molar-refractivity contribution in [2.75, 3.05) is 33.8 Å². The van der Waals surface area contributed by atoms with E-state index >= 15 is 0 Å². The molecule has 0 aromatic heterocycles. The molecule has 18 heavy (non-hydrogen) atoms. The van der Waals surface area contributed by atoms with Crippen LogP contribution in [0.5, 0.6) is 0 Å². The molecule has 6 heteroatoms. The van der Waals surface area contributed by atoms with Gasteiger partial charge in [-0.2, -0.15) is 0 Å². The Morgan fingerprint density at radius 2 is 2.17 bits per heavy atom. The average molecular weight is 255 g/mol. The lowest BCUT2D eigenvalue weighted by Gasteiger charge is -2.35. The van der Waals surface area contributed by atoms with Gasteiger partial charge in [-0.25, -0.2) is 0 Å². The lowest BCUT2D eigenvalue weighted by molar-refractivity contribution is -0.149. The van der Waals surface area contributed by atoms with E-state index in [9.17, 15) is 9.59 Å². The summed E-state index contributed by atoms with van der Waals surface area (Å²) in [5.74, 6) is -0.163. The lowest BCUT2D eigenvalue weighted by atomic mass is 9.90. The molecule has 2 heterocycles. The minimum Gasteiger partial charge on any atom is -0.368 e. The van der Waals surface area contributed by atoms with Crippen molar-refractivity contribution in [2.24, 2.45) is 0 Å². The van der Waals surface area contributed by atoms with Gasteiger partial charge in [0.2, 0.25) is 5.91 Å². The van der Waals surface area contributed by atoms with Crippen LogP contribution in [0.4, 0.5) is 0 Å². The third-order valence-electron chi connectivity index (χ3n) is 3.95. The van der Waals surface area contributed by atoms with E-state index in [0.29, 0.717) is 25.8 Å². The fraction of sp³-hybridized carbons (Fsp3) is 0.833. The Balaban J connectivity index is 2.00. The fourth-order valence-corrected chi connectivity index (χ4v) is 2.60. The summed E-state index contributed by atoms with van der Waals surface area (Å²) in [7, 11) is 3.32. The number of carbonyl (C=O) groups excluding carboxylic acids is 2. The molecule has 0 bridgehead atoms. The highest BCUT2D eigenvalue weighted by Gasteiger charge is 2.42. The SMILES string of the molecule is COC1(C(=O)NC2CCN(C)C2=O)CCNCC1. The van der Waals surface area contributed by atoms with Crippen LogP contribution >= 0.6 is 0 Å². The molecule has 0 aliphatic carbocycles. The standard InChI is InChI=1S/C12H21N3O3/c1-15-8-3-9(10(15)16)14-11(17)12(18-2)4-6-13-7-5-12/h9,13H,3-8H2,1-2H3,(H,14,17). The van der Waals surface area contributed by atoms with Crippen molar-refractivity contribution in [3.05, 3.63) is 0 Å². The monoisotopic (exact) mass is 255 g/mol. The summed E-state index contributed by atoms with van der Waals surface area (Å²) in [5, 5.41) is 6.04. The maximum atomic E-state index is 12.3. The smallest absolute Gasteiger partial charge is 0.252 e. The molecule has 6 nitrogen and oxygen atoms in total. The minimum absolute atomic E-state index is 0.0106. The van der Waals surface area contributed by atoms with Crippen molar-refractivity contribution in [2.45, 2.75) is 30.9 Å². The number of nitrogens with one attached hydrogen (secondary N) is 2. The van der Waals surface area contributed by atoms with E-state index in [1.807, 2.05) is 0 Å². The molecule has 2 aliphatic rings. The van der Waals surface area contributed by atoms with Gasteiger partial charge in [-0.1, -0.05) is 0 Å². The highest BCUT2D eigenvalue weighted by atomic mass is 16.5. The molecular weight excluding hydrogens is 234 g/mol. The molecule has 2 aliphatic heterocycles. The average Bonchev–Trinajstić information content (AvgIpc) is 2.71. The number of amides is 2. The maximum absolute atomic E-state index is 12.3. The first-order valence-corrected chi connectivity index (χ1v) is 6.41. The molecule has 2 saturated heterocycles. The number of likely N-dealkylation sites (N-methyl/N-ethyl adjacent to an activating group) is 1. The summed E-state index contributed by atoms with van der Waals surface area (Å²) < 4.78 is 5.44. The number of rotatable bonds is 3. The summed E-state index contributed by atoms with van der Waals surface area (Å²) in [6.07, 6.45) is 1.97. The van der Waals surface area contributed by atoms with Gasteiger partial charge < -0.3 is 20.3 Å². The Hall–Kier alpha value is -1.14. The second kappa shape index (κ2) is 5.24. The lowest BCUT2D eigenvalue weighted by Crippen LogP contribution is -2.57. The Morgan fingerprint density at radius 1 is 1.50 bits per heavy atom. The molecule has 0 spiro atoms. The zero-order valence-corrected chi connectivity index (χ0v) is 11.0. The molecule has 0 saturated carbocycles. The first kappa shape index (κ1) is 13.3. The van der Waals surface area contributed by atoms with E-state index in [0.717, 1.165) is 13.1 Å². The molecule has 2 fully saturated rings. The number of carbonyl (C=O) groups is 2. The molecule has 1 unspecified atom stereocenters. The van der Waals surface area contributed by atoms with Crippen molar-refractivity contribution < 1.29 is 14.3 Å². The van der Waals surface area contributed by atoms with Crippen LogP contribution in [0.2, 0.25) is 0 Å². The van der Waals surface area contributed by atoms with Gasteiger partial charge in [-0.05, 0) is 32.4 Å². The van der Waals surface area contributed by atoms with Crippen molar-refractivity contribution in [1.82, 2.24) is 15.5 Å². The second-order valence-electron chi connectivity index (χ2n) is 5.02. The van der Waals surface area contributed by atoms with Crippen LogP contribution in [0, 0.1) is 0 Å². The van der Waals surface area contributed by atoms with Crippen LogP contribution in [-0.2, 0) is 14.3 Å². The molecular formula is C12H21N3O3. The Labute approximate surface area is 107 Å². The molecule has 2 amide bonds. The predicted octanol–water partition coefficient (Wildman–Crippen LogP) is -0.898. The molecule has 1 atom stereocenters. The number of piperidine rings is 1. The molecule has 102 valence electrons. The van der Waals surface area contributed by atoms with Crippen molar-refractivity contribution >= 4 is 11.8 Å². The number of hydrogen-bond acceptors (Lipinski definition) is 4. The molecule has 0 aromatic carbocycles. The maximum Gasteiger partial charge on any atom is 0.252 e. The Morgan fingerprint density at radius 3 is 2.67 bits per heavy atom. The second-order valence-corrected chi connectivity index (χ2v) is 5.02. The van der Waals surface area contributed by atoms with Gasteiger partial charge in [0.15, 0.2) is 0 Å². The van der Waals surface area contributed by atoms with Gasteiger partial charge in [0.05, 0.1) is 0 Å². The third-order valence-corrected chi connectivity index (χ3v) is 3.95. The topological polar surface area (TPSA) is 70.7 Å². The number of likely N-dealkylation sites (tertiary alicyclic amines) is 1. The van der Waals surface area contributed by atoms with E-state index < -0.39 is 5.60 Å². The summed E-state index contributed by atoms with van der Waals surface area (Å²) in [6, 6.07) is -0.385. The summed E-state index contributed by atoms with van der Waals surface area (Å²) in [5.41, 5.74) is -0.771. The third kappa shape index (κ3) is 2.35. The first-order chi connectivity index (χ1) is 8.59. The Bertz CT molecular complexity index is 339. The van der Waals surface area contributed by atoms with Crippen LogP contribution < -0.4 is 10.6 Å². The van der Waals surface area contributed by atoms with E-state index in [4.69, 9.17) is 4.74 Å². The van der Waals surface area contributed by atoms with Crippen LogP contribution in [0.3, 0.4) is 0 Å². The normalized spacial score (nSPS) is 27.3. The van der Waals surface area contributed by atoms with Gasteiger partial charge in [0.25, 0.3) is 5.91 Å². The van der Waals surface area contributed by atoms with Gasteiger partial charge >= 0.3 is 0 Å². The van der Waals surface area contributed by atoms with Crippen LogP contribution in [0.1, 0.15) is 19.3 Å². The molecule has 2 N–H and O–H groups in total. The largest absolute Gasteiger partial charge is 0.368 e. The van der Waals surface area contributed by atoms with Gasteiger partial charge in [-0.3, -0.25) is 9.59 Å². The highest BCUT2D eigenvalue weighted by molar-refractivity contribution is 5.92. The van der Waals surface area contributed by atoms with Gasteiger partial charge in [0, 0.05) is 20.7 Å². The van der Waals surface area contributed by atoms with Gasteiger partial charge in [0.1, 0.15) is 11.6 Å². The zero-order valence-electron chi connectivity index (χ0n) is 11.0. The van der Waals surface area contributed by atoms with Crippen LogP contribution in [-0.4, -0.2) is 62.1 Å². The number of hydrogen-bond donors (Lipinski definition) is 2. The van der Waals surface area contributed by atoms with Crippen molar-refractivity contribution in [3.63, 3.8) is 0 Å². The van der Waals surface area contributed by atoms with E-state index in [2.05, 4.69) is 10.6 Å². The molecule has 0 radical (unpaired) electrons. The summed E-state index contributed by atoms with van der Waals surface area (Å²) >= 11 is 0. The molecule has 0 aromatic rings. The number of methoxy groups -OCH3 is 1. The summed E-state index contributed by atoms with van der Waals surface area (Å²) in [4.78, 5) is 25.7. The molecule has 2 rings (SSSR count). The first-order valence-electron chi connectivity index (χ1n) is 6.41. The van der Waals surface area contributed by atoms with Gasteiger partial charge in [-0.15, -0.1) is 0 Å². The quantitative estimate of drug-likeness (QED) is 0.686. The van der Waals surface area contributed by atoms with Crippen LogP contribution in [0.25, 0.3) is 0 Å². The number of ether oxygens (including phenoxy) is 1. The zero-order chi connectivity index (χ0) is 13.2. The van der Waals surface area contributed by atoms with Crippen molar-refractivity contribution in [3.8, 4) is 0 Å². The highest BCUT2D eigenvalue weighted by Crippen LogP contribution is 2.23. The van der Waals surface area contributed by atoms with Crippen LogP contribution in [0.15, 0.2) is 0 Å². The minimum atomic E-state index is -0.771. The van der Waals surface area contributed by atoms with Crippen molar-refractivity contribution in [1.29, 1.82) is 0 Å². The predicted molar refractivity (Wildman–Crippen MR) is 66.0 cm³/mol. The van der Waals surface area contributed by atoms with E-state index in [1.54, 1.807) is 19.1 Å². The Kier molecular flexibility index (Phi) is 3.87. The fourth-order valence-electron chi connectivity index (χ4n) is 2.60.